The average molecular weight is 389 g/mol. The SMILES string of the molecule is COc1ccc(Cl)cc1C(=O)NCc1ccccc1CN1CCC(O)CC1. The molecule has 0 radical (unpaired) electrons. The molecule has 0 aromatic heterocycles. The summed E-state index contributed by atoms with van der Waals surface area (Å²) in [6, 6.07) is 13.1. The average Bonchev–Trinajstić information content (AvgIpc) is 2.68. The van der Waals surface area contributed by atoms with Crippen molar-refractivity contribution in [2.45, 2.75) is 32.0 Å². The van der Waals surface area contributed by atoms with Gasteiger partial charge in [-0.3, -0.25) is 9.69 Å². The number of carbonyl (C=O) groups excluding carboxylic acids is 1. The molecule has 3 rings (SSSR count). The summed E-state index contributed by atoms with van der Waals surface area (Å²) in [4.78, 5) is 14.9. The molecule has 0 unspecified atom stereocenters. The van der Waals surface area contributed by atoms with Gasteiger partial charge in [-0.25, -0.2) is 0 Å². The zero-order valence-corrected chi connectivity index (χ0v) is 16.2. The molecule has 0 saturated carbocycles. The van der Waals surface area contributed by atoms with Crippen LogP contribution in [0.2, 0.25) is 5.02 Å². The van der Waals surface area contributed by atoms with Crippen LogP contribution in [0, 0.1) is 0 Å². The van der Waals surface area contributed by atoms with Crippen molar-refractivity contribution in [3.8, 4) is 5.75 Å². The lowest BCUT2D eigenvalue weighted by atomic mass is 10.0. The van der Waals surface area contributed by atoms with Gasteiger partial charge < -0.3 is 15.2 Å². The van der Waals surface area contributed by atoms with Gasteiger partial charge in [-0.15, -0.1) is 0 Å². The van der Waals surface area contributed by atoms with E-state index in [0.29, 0.717) is 22.9 Å². The zero-order chi connectivity index (χ0) is 19.2. The third kappa shape index (κ3) is 5.22. The fraction of sp³-hybridized carbons (Fsp3) is 0.381. The highest BCUT2D eigenvalue weighted by atomic mass is 35.5. The number of aliphatic hydroxyl groups excluding tert-OH is 1. The highest BCUT2D eigenvalue weighted by Gasteiger charge is 2.18. The Balaban J connectivity index is 1.66. The predicted octanol–water partition coefficient (Wildman–Crippen LogP) is 3.24. The lowest BCUT2D eigenvalue weighted by Gasteiger charge is -2.30. The molecule has 2 aromatic carbocycles. The smallest absolute Gasteiger partial charge is 0.255 e. The lowest BCUT2D eigenvalue weighted by molar-refractivity contribution is 0.0790. The maximum atomic E-state index is 12.6. The number of nitrogens with one attached hydrogen (secondary N) is 1. The van der Waals surface area contributed by atoms with Gasteiger partial charge in [-0.2, -0.15) is 0 Å². The van der Waals surface area contributed by atoms with E-state index in [1.807, 2.05) is 18.2 Å². The summed E-state index contributed by atoms with van der Waals surface area (Å²) >= 11 is 6.02. The molecule has 0 bridgehead atoms. The third-order valence-corrected chi connectivity index (χ3v) is 5.15. The van der Waals surface area contributed by atoms with Crippen molar-refractivity contribution in [2.24, 2.45) is 0 Å². The number of hydrogen-bond donors (Lipinski definition) is 2. The van der Waals surface area contributed by atoms with Gasteiger partial charge >= 0.3 is 0 Å². The number of amides is 1. The summed E-state index contributed by atoms with van der Waals surface area (Å²) in [7, 11) is 1.53. The molecule has 27 heavy (non-hydrogen) atoms. The van der Waals surface area contributed by atoms with Crippen LogP contribution >= 0.6 is 11.6 Å². The normalized spacial score (nSPS) is 15.5. The fourth-order valence-electron chi connectivity index (χ4n) is 3.33. The van der Waals surface area contributed by atoms with Crippen LogP contribution in [0.25, 0.3) is 0 Å². The van der Waals surface area contributed by atoms with Crippen molar-refractivity contribution in [3.63, 3.8) is 0 Å². The number of piperidine rings is 1. The first kappa shape index (κ1) is 19.7. The van der Waals surface area contributed by atoms with Gasteiger partial charge in [0.25, 0.3) is 5.91 Å². The zero-order valence-electron chi connectivity index (χ0n) is 15.5. The number of rotatable bonds is 6. The second kappa shape index (κ2) is 9.22. The van der Waals surface area contributed by atoms with Crippen LogP contribution in [0.5, 0.6) is 5.75 Å². The van der Waals surface area contributed by atoms with E-state index < -0.39 is 0 Å². The maximum absolute atomic E-state index is 12.6. The standard InChI is InChI=1S/C21H25ClN2O3/c1-27-20-7-6-17(22)12-19(20)21(26)23-13-15-4-2-3-5-16(15)14-24-10-8-18(25)9-11-24/h2-7,12,18,25H,8-11,13-14H2,1H3,(H,23,26). The maximum Gasteiger partial charge on any atom is 0.255 e. The van der Waals surface area contributed by atoms with E-state index >= 15 is 0 Å². The topological polar surface area (TPSA) is 61.8 Å². The fourth-order valence-corrected chi connectivity index (χ4v) is 3.50. The molecule has 1 amide bonds. The van der Waals surface area contributed by atoms with Crippen LogP contribution in [0.1, 0.15) is 34.3 Å². The molecular formula is C21H25ClN2O3. The molecule has 1 fully saturated rings. The number of halogens is 1. The number of hydrogen-bond acceptors (Lipinski definition) is 4. The van der Waals surface area contributed by atoms with Crippen LogP contribution in [-0.2, 0) is 13.1 Å². The number of methoxy groups -OCH3 is 1. The molecule has 5 nitrogen and oxygen atoms in total. The minimum Gasteiger partial charge on any atom is -0.496 e. The van der Waals surface area contributed by atoms with Gasteiger partial charge in [-0.1, -0.05) is 35.9 Å². The second-order valence-corrected chi connectivity index (χ2v) is 7.24. The van der Waals surface area contributed by atoms with Crippen LogP contribution in [-0.4, -0.2) is 42.2 Å². The molecule has 6 heteroatoms. The van der Waals surface area contributed by atoms with Gasteiger partial charge in [-0.05, 0) is 42.2 Å². The van der Waals surface area contributed by atoms with E-state index in [-0.39, 0.29) is 12.0 Å². The first-order valence-electron chi connectivity index (χ1n) is 9.15. The molecule has 1 saturated heterocycles. The Bertz CT molecular complexity index is 789. The minimum atomic E-state index is -0.217. The molecule has 0 atom stereocenters. The highest BCUT2D eigenvalue weighted by molar-refractivity contribution is 6.31. The Labute approximate surface area is 164 Å². The number of aliphatic hydroxyl groups is 1. The molecule has 0 spiro atoms. The van der Waals surface area contributed by atoms with Crippen molar-refractivity contribution < 1.29 is 14.6 Å². The number of ether oxygens (including phenoxy) is 1. The molecule has 144 valence electrons. The number of benzene rings is 2. The summed E-state index contributed by atoms with van der Waals surface area (Å²) in [6.07, 6.45) is 1.45. The predicted molar refractivity (Wildman–Crippen MR) is 106 cm³/mol. The van der Waals surface area contributed by atoms with Crippen LogP contribution < -0.4 is 10.1 Å². The van der Waals surface area contributed by atoms with Crippen LogP contribution in [0.4, 0.5) is 0 Å². The lowest BCUT2D eigenvalue weighted by Crippen LogP contribution is -2.35. The van der Waals surface area contributed by atoms with Crippen LogP contribution in [0.15, 0.2) is 42.5 Å². The summed E-state index contributed by atoms with van der Waals surface area (Å²) in [6.45, 7) is 3.03. The third-order valence-electron chi connectivity index (χ3n) is 4.91. The van der Waals surface area contributed by atoms with E-state index in [1.54, 1.807) is 18.2 Å². The quantitative estimate of drug-likeness (QED) is 0.797. The van der Waals surface area contributed by atoms with Crippen molar-refractivity contribution in [1.82, 2.24) is 10.2 Å². The molecular weight excluding hydrogens is 364 g/mol. The molecule has 1 heterocycles. The number of carbonyl (C=O) groups is 1. The molecule has 2 aromatic rings. The van der Waals surface area contributed by atoms with Crippen molar-refractivity contribution in [3.05, 3.63) is 64.2 Å². The van der Waals surface area contributed by atoms with E-state index in [2.05, 4.69) is 16.3 Å². The van der Waals surface area contributed by atoms with Gasteiger partial charge in [0.2, 0.25) is 0 Å². The highest BCUT2D eigenvalue weighted by Crippen LogP contribution is 2.23. The summed E-state index contributed by atoms with van der Waals surface area (Å²) in [5.74, 6) is 0.280. The number of nitrogens with zero attached hydrogens (tertiary/aromatic N) is 1. The Kier molecular flexibility index (Phi) is 6.72. The molecule has 2 N–H and O–H groups in total. The number of likely N-dealkylation sites (tertiary alicyclic amines) is 1. The van der Waals surface area contributed by atoms with Gasteiger partial charge in [0.05, 0.1) is 18.8 Å². The van der Waals surface area contributed by atoms with Crippen molar-refractivity contribution in [1.29, 1.82) is 0 Å². The molecule has 1 aliphatic heterocycles. The van der Waals surface area contributed by atoms with Gasteiger partial charge in [0.15, 0.2) is 0 Å². The summed E-state index contributed by atoms with van der Waals surface area (Å²) < 4.78 is 5.26. The van der Waals surface area contributed by atoms with Crippen molar-refractivity contribution in [2.75, 3.05) is 20.2 Å². The van der Waals surface area contributed by atoms with E-state index in [9.17, 15) is 9.90 Å². The van der Waals surface area contributed by atoms with Gasteiger partial charge in [0, 0.05) is 31.2 Å². The summed E-state index contributed by atoms with van der Waals surface area (Å²) in [5, 5.41) is 13.1. The van der Waals surface area contributed by atoms with Crippen LogP contribution in [0.3, 0.4) is 0 Å². The summed E-state index contributed by atoms with van der Waals surface area (Å²) in [5.41, 5.74) is 2.69. The Hall–Kier alpha value is -2.08. The monoisotopic (exact) mass is 388 g/mol. The Morgan fingerprint density at radius 1 is 1.22 bits per heavy atom. The van der Waals surface area contributed by atoms with Crippen molar-refractivity contribution >= 4 is 17.5 Å². The van der Waals surface area contributed by atoms with E-state index in [4.69, 9.17) is 16.3 Å². The molecule has 0 aliphatic carbocycles. The van der Waals surface area contributed by atoms with E-state index in [1.165, 1.54) is 12.7 Å². The first-order valence-corrected chi connectivity index (χ1v) is 9.53. The first-order chi connectivity index (χ1) is 13.1. The minimum absolute atomic E-state index is 0.177. The van der Waals surface area contributed by atoms with E-state index in [0.717, 1.165) is 38.0 Å². The Morgan fingerprint density at radius 3 is 2.63 bits per heavy atom. The Morgan fingerprint density at radius 2 is 1.93 bits per heavy atom. The largest absolute Gasteiger partial charge is 0.496 e. The van der Waals surface area contributed by atoms with Gasteiger partial charge in [0.1, 0.15) is 5.75 Å². The second-order valence-electron chi connectivity index (χ2n) is 6.80. The molecule has 1 aliphatic rings.